The Balaban J connectivity index is 1.52. The highest BCUT2D eigenvalue weighted by molar-refractivity contribution is 7.20. The topological polar surface area (TPSA) is 114 Å². The van der Waals surface area contributed by atoms with E-state index < -0.39 is 24.0 Å². The number of amides is 1. The quantitative estimate of drug-likeness (QED) is 0.749. The van der Waals surface area contributed by atoms with Crippen molar-refractivity contribution in [3.8, 4) is 6.07 Å². The number of nitrogens with one attached hydrogen (secondary N) is 1. The first-order valence-electron chi connectivity index (χ1n) is 10.4. The Morgan fingerprint density at radius 3 is 2.77 bits per heavy atom. The zero-order valence-electron chi connectivity index (χ0n) is 17.0. The molecule has 8 nitrogen and oxygen atoms in total. The van der Waals surface area contributed by atoms with E-state index in [0.29, 0.717) is 40.0 Å². The van der Waals surface area contributed by atoms with Crippen molar-refractivity contribution in [2.75, 3.05) is 6.61 Å². The van der Waals surface area contributed by atoms with Crippen molar-refractivity contribution >= 4 is 33.4 Å². The largest absolute Gasteiger partial charge is 0.451 e. The van der Waals surface area contributed by atoms with Crippen LogP contribution in [0.2, 0.25) is 0 Å². The van der Waals surface area contributed by atoms with E-state index in [1.807, 2.05) is 0 Å². The van der Waals surface area contributed by atoms with Crippen LogP contribution in [0.25, 0.3) is 10.2 Å². The summed E-state index contributed by atoms with van der Waals surface area (Å²) in [6.45, 7) is 1.90. The average molecular weight is 429 g/mol. The van der Waals surface area contributed by atoms with Crippen molar-refractivity contribution < 1.29 is 14.3 Å². The normalized spacial score (nSPS) is 17.7. The van der Waals surface area contributed by atoms with Gasteiger partial charge in [0, 0.05) is 13.0 Å². The number of aryl methyl sites for hydroxylation is 2. The molecule has 158 valence electrons. The van der Waals surface area contributed by atoms with Crippen molar-refractivity contribution in [3.63, 3.8) is 0 Å². The SMILES string of the molecule is Cc1c(C(=O)OCC(=O)NC2(C#N)CCCC2)sc2nc3n(c(=O)c12)CCCCC3. The van der Waals surface area contributed by atoms with E-state index in [4.69, 9.17) is 4.74 Å². The van der Waals surface area contributed by atoms with E-state index in [1.165, 1.54) is 0 Å². The molecule has 0 spiro atoms. The number of fused-ring (bicyclic) bond motifs is 2. The van der Waals surface area contributed by atoms with Gasteiger partial charge in [0.2, 0.25) is 0 Å². The zero-order valence-corrected chi connectivity index (χ0v) is 17.8. The predicted octanol–water partition coefficient (Wildman–Crippen LogP) is 2.60. The van der Waals surface area contributed by atoms with Gasteiger partial charge in [-0.2, -0.15) is 5.26 Å². The summed E-state index contributed by atoms with van der Waals surface area (Å²) in [6.07, 6.45) is 6.76. The second-order valence-electron chi connectivity index (χ2n) is 8.06. The monoisotopic (exact) mass is 428 g/mol. The molecule has 0 unspecified atom stereocenters. The number of esters is 1. The van der Waals surface area contributed by atoms with E-state index in [-0.39, 0.29) is 5.56 Å². The molecule has 3 heterocycles. The fraction of sp³-hybridized carbons (Fsp3) is 0.571. The Labute approximate surface area is 177 Å². The molecule has 2 aromatic rings. The first-order chi connectivity index (χ1) is 14.4. The maximum absolute atomic E-state index is 13.0. The van der Waals surface area contributed by atoms with E-state index in [1.54, 1.807) is 11.5 Å². The van der Waals surface area contributed by atoms with Gasteiger partial charge in [-0.1, -0.05) is 6.42 Å². The Morgan fingerprint density at radius 1 is 1.27 bits per heavy atom. The van der Waals surface area contributed by atoms with Crippen LogP contribution in [0.3, 0.4) is 0 Å². The number of nitriles is 1. The minimum atomic E-state index is -0.854. The number of nitrogens with zero attached hydrogens (tertiary/aromatic N) is 3. The Hall–Kier alpha value is -2.73. The maximum atomic E-state index is 13.0. The van der Waals surface area contributed by atoms with Gasteiger partial charge >= 0.3 is 5.97 Å². The van der Waals surface area contributed by atoms with E-state index in [0.717, 1.165) is 55.7 Å². The molecule has 1 amide bonds. The molecule has 2 aliphatic rings. The molecular weight excluding hydrogens is 404 g/mol. The lowest BCUT2D eigenvalue weighted by molar-refractivity contribution is -0.125. The molecule has 1 aliphatic heterocycles. The summed E-state index contributed by atoms with van der Waals surface area (Å²) < 4.78 is 6.92. The number of carbonyl (C=O) groups is 2. The summed E-state index contributed by atoms with van der Waals surface area (Å²) in [6, 6.07) is 2.18. The Bertz CT molecular complexity index is 1100. The smallest absolute Gasteiger partial charge is 0.349 e. The highest BCUT2D eigenvalue weighted by Crippen LogP contribution is 2.30. The van der Waals surface area contributed by atoms with Gasteiger partial charge in [-0.3, -0.25) is 14.2 Å². The highest BCUT2D eigenvalue weighted by atomic mass is 32.1. The molecule has 0 radical (unpaired) electrons. The molecule has 9 heteroatoms. The van der Waals surface area contributed by atoms with Crippen LogP contribution in [0.4, 0.5) is 0 Å². The minimum absolute atomic E-state index is 0.111. The van der Waals surface area contributed by atoms with E-state index in [2.05, 4.69) is 16.4 Å². The average Bonchev–Trinajstić information content (AvgIpc) is 3.24. The van der Waals surface area contributed by atoms with Crippen molar-refractivity contribution in [2.24, 2.45) is 0 Å². The molecular formula is C21H24N4O4S. The molecule has 1 N–H and O–H groups in total. The molecule has 2 aromatic heterocycles. The van der Waals surface area contributed by atoms with Crippen LogP contribution in [0.15, 0.2) is 4.79 Å². The van der Waals surface area contributed by atoms with Crippen LogP contribution in [-0.4, -0.2) is 33.6 Å². The second-order valence-corrected chi connectivity index (χ2v) is 9.06. The maximum Gasteiger partial charge on any atom is 0.349 e. The number of rotatable bonds is 4. The van der Waals surface area contributed by atoms with Crippen LogP contribution >= 0.6 is 11.3 Å². The van der Waals surface area contributed by atoms with Gasteiger partial charge in [0.05, 0.1) is 11.5 Å². The van der Waals surface area contributed by atoms with Gasteiger partial charge in [0.1, 0.15) is 21.1 Å². The number of ether oxygens (including phenoxy) is 1. The third-order valence-electron chi connectivity index (χ3n) is 5.98. The molecule has 30 heavy (non-hydrogen) atoms. The highest BCUT2D eigenvalue weighted by Gasteiger charge is 2.35. The van der Waals surface area contributed by atoms with Gasteiger partial charge in [-0.05, 0) is 51.0 Å². The fourth-order valence-electron chi connectivity index (χ4n) is 4.35. The van der Waals surface area contributed by atoms with Gasteiger partial charge in [-0.25, -0.2) is 9.78 Å². The summed E-state index contributed by atoms with van der Waals surface area (Å²) >= 11 is 1.13. The Morgan fingerprint density at radius 2 is 2.03 bits per heavy atom. The molecule has 0 bridgehead atoms. The molecule has 1 aliphatic carbocycles. The summed E-state index contributed by atoms with van der Waals surface area (Å²) in [5.74, 6) is -0.373. The van der Waals surface area contributed by atoms with Crippen LogP contribution in [0, 0.1) is 18.3 Å². The first-order valence-corrected chi connectivity index (χ1v) is 11.2. The second kappa shape index (κ2) is 8.19. The van der Waals surface area contributed by atoms with Crippen LogP contribution in [0.1, 0.15) is 66.0 Å². The summed E-state index contributed by atoms with van der Waals surface area (Å²) in [4.78, 5) is 43.3. The molecule has 1 fully saturated rings. The Kier molecular flexibility index (Phi) is 5.60. The first kappa shape index (κ1) is 20.5. The van der Waals surface area contributed by atoms with Gasteiger partial charge in [-0.15, -0.1) is 11.3 Å². The summed E-state index contributed by atoms with van der Waals surface area (Å²) in [7, 11) is 0. The number of carbonyl (C=O) groups excluding carboxylic acids is 2. The molecule has 0 aromatic carbocycles. The number of thiophene rings is 1. The minimum Gasteiger partial charge on any atom is -0.451 e. The van der Waals surface area contributed by atoms with Crippen LogP contribution < -0.4 is 10.9 Å². The molecule has 0 saturated heterocycles. The third-order valence-corrected chi connectivity index (χ3v) is 7.15. The fourth-order valence-corrected chi connectivity index (χ4v) is 5.43. The van der Waals surface area contributed by atoms with Crippen molar-refractivity contribution in [3.05, 3.63) is 26.6 Å². The number of aromatic nitrogens is 2. The van der Waals surface area contributed by atoms with Gasteiger partial charge in [0.15, 0.2) is 6.61 Å². The molecule has 1 saturated carbocycles. The van der Waals surface area contributed by atoms with Crippen LogP contribution in [0.5, 0.6) is 0 Å². The predicted molar refractivity (Wildman–Crippen MR) is 111 cm³/mol. The third kappa shape index (κ3) is 3.72. The van der Waals surface area contributed by atoms with Crippen molar-refractivity contribution in [1.82, 2.24) is 14.9 Å². The number of hydrogen-bond acceptors (Lipinski definition) is 7. The van der Waals surface area contributed by atoms with E-state index in [9.17, 15) is 19.6 Å². The molecule has 4 rings (SSSR count). The lowest BCUT2D eigenvalue weighted by Crippen LogP contribution is -2.46. The van der Waals surface area contributed by atoms with E-state index >= 15 is 0 Å². The summed E-state index contributed by atoms with van der Waals surface area (Å²) in [5, 5.41) is 12.5. The van der Waals surface area contributed by atoms with Crippen molar-refractivity contribution in [1.29, 1.82) is 5.26 Å². The lowest BCUT2D eigenvalue weighted by atomic mass is 10.00. The standard InChI is InChI=1S/C21H24N4O4S/c1-13-16-18(23-14-7-3-2-6-10-25(14)19(16)27)30-17(13)20(28)29-11-15(26)24-21(12-22)8-4-5-9-21/h2-11H2,1H3,(H,24,26). The van der Waals surface area contributed by atoms with Gasteiger partial charge in [0.25, 0.3) is 11.5 Å². The zero-order chi connectivity index (χ0) is 21.3. The summed E-state index contributed by atoms with van der Waals surface area (Å²) in [5.41, 5.74) is -0.422. The molecule has 0 atom stereocenters. The van der Waals surface area contributed by atoms with Gasteiger partial charge < -0.3 is 10.1 Å². The van der Waals surface area contributed by atoms with Crippen molar-refractivity contribution in [2.45, 2.75) is 70.4 Å². The lowest BCUT2D eigenvalue weighted by Gasteiger charge is -2.21. The van der Waals surface area contributed by atoms with Crippen LogP contribution in [-0.2, 0) is 22.5 Å². The number of hydrogen-bond donors (Lipinski definition) is 1.